The molecule has 0 unspecified atom stereocenters. The van der Waals surface area contributed by atoms with Crippen molar-refractivity contribution in [1.29, 1.82) is 0 Å². The van der Waals surface area contributed by atoms with Gasteiger partial charge in [0.1, 0.15) is 5.82 Å². The number of fused-ring (bicyclic) bond motifs is 2. The molecule has 2 amide bonds. The van der Waals surface area contributed by atoms with Gasteiger partial charge in [-0.1, -0.05) is 29.8 Å². The molecule has 4 rings (SSSR count). The smallest absolute Gasteiger partial charge is 0.321 e. The van der Waals surface area contributed by atoms with Gasteiger partial charge < -0.3 is 15.1 Å². The van der Waals surface area contributed by atoms with Gasteiger partial charge in [-0.15, -0.1) is 0 Å². The normalized spacial score (nSPS) is 15.4. The van der Waals surface area contributed by atoms with Gasteiger partial charge in [0.05, 0.1) is 21.9 Å². The summed E-state index contributed by atoms with van der Waals surface area (Å²) < 4.78 is 25.4. The number of nitrogens with zero attached hydrogens (tertiary/aromatic N) is 3. The molecule has 2 heterocycles. The molecule has 7 nitrogen and oxygen atoms in total. The summed E-state index contributed by atoms with van der Waals surface area (Å²) in [5.41, 5.74) is 3.21. The highest BCUT2D eigenvalue weighted by molar-refractivity contribution is 7.91. The average molecular weight is 425 g/mol. The fourth-order valence-electron chi connectivity index (χ4n) is 3.58. The number of hydrogen-bond donors (Lipinski definition) is 1. The number of amides is 2. The first-order chi connectivity index (χ1) is 14.2. The highest BCUT2D eigenvalue weighted by Gasteiger charge is 2.26. The van der Waals surface area contributed by atoms with Crippen molar-refractivity contribution in [3.05, 3.63) is 59.7 Å². The summed E-state index contributed by atoms with van der Waals surface area (Å²) >= 11 is 0. The zero-order chi connectivity index (χ0) is 21.5. The van der Waals surface area contributed by atoms with Crippen molar-refractivity contribution < 1.29 is 13.2 Å². The molecule has 0 saturated heterocycles. The maximum Gasteiger partial charge on any atom is 0.321 e. The first-order valence-corrected chi connectivity index (χ1v) is 11.4. The molecule has 30 heavy (non-hydrogen) atoms. The number of carbonyl (C=O) groups is 1. The number of pyridine rings is 1. The summed E-state index contributed by atoms with van der Waals surface area (Å²) in [6, 6.07) is 14.6. The predicted octanol–water partition coefficient (Wildman–Crippen LogP) is 3.43. The van der Waals surface area contributed by atoms with E-state index in [0.29, 0.717) is 29.5 Å². The minimum atomic E-state index is -3.35. The third-order valence-corrected chi connectivity index (χ3v) is 7.01. The Kier molecular flexibility index (Phi) is 5.11. The first-order valence-electron chi connectivity index (χ1n) is 9.70. The fourth-order valence-corrected chi connectivity index (χ4v) is 5.08. The van der Waals surface area contributed by atoms with Gasteiger partial charge in [0, 0.05) is 38.6 Å². The molecule has 1 aromatic heterocycles. The lowest BCUT2D eigenvalue weighted by molar-refractivity contribution is 0.231. The second kappa shape index (κ2) is 7.60. The Morgan fingerprint density at radius 3 is 2.67 bits per heavy atom. The van der Waals surface area contributed by atoms with Crippen molar-refractivity contribution in [3.8, 4) is 0 Å². The van der Waals surface area contributed by atoms with Crippen LogP contribution in [0.15, 0.2) is 53.4 Å². The fraction of sp³-hybridized carbons (Fsp3) is 0.273. The third kappa shape index (κ3) is 3.82. The zero-order valence-corrected chi connectivity index (χ0v) is 18.0. The van der Waals surface area contributed by atoms with Crippen LogP contribution < -0.4 is 10.2 Å². The molecular formula is C22H24N4O3S. The molecule has 0 atom stereocenters. The van der Waals surface area contributed by atoms with Gasteiger partial charge >= 0.3 is 6.03 Å². The summed E-state index contributed by atoms with van der Waals surface area (Å²) in [4.78, 5) is 20.9. The minimum absolute atomic E-state index is 0.0109. The topological polar surface area (TPSA) is 82.6 Å². The standard InChI is InChI=1S/C22H24N4O3S/c1-15-8-9-18-17(12-15)19(24-22(27)25(2)3)13-21(23-18)26-10-11-30(28,29)20-7-5-4-6-16(20)14-26/h4-9,12-13H,10-11,14H2,1-3H3,(H,23,24,27). The lowest BCUT2D eigenvalue weighted by Crippen LogP contribution is -2.29. The second-order valence-corrected chi connectivity index (χ2v) is 9.80. The molecule has 1 N–H and O–H groups in total. The number of carbonyl (C=O) groups excluding carboxylic acids is 1. The molecule has 1 aliphatic rings. The maximum absolute atomic E-state index is 12.7. The van der Waals surface area contributed by atoms with Crippen LogP contribution in [0.3, 0.4) is 0 Å². The maximum atomic E-state index is 12.7. The zero-order valence-electron chi connectivity index (χ0n) is 17.2. The van der Waals surface area contributed by atoms with Crippen LogP contribution in [0.25, 0.3) is 10.9 Å². The van der Waals surface area contributed by atoms with E-state index in [2.05, 4.69) is 5.32 Å². The monoisotopic (exact) mass is 424 g/mol. The predicted molar refractivity (Wildman–Crippen MR) is 119 cm³/mol. The van der Waals surface area contributed by atoms with Gasteiger partial charge in [-0.3, -0.25) is 0 Å². The van der Waals surface area contributed by atoms with Gasteiger partial charge in [-0.25, -0.2) is 18.2 Å². The third-order valence-electron chi connectivity index (χ3n) is 5.22. The summed E-state index contributed by atoms with van der Waals surface area (Å²) in [6.45, 7) is 2.74. The van der Waals surface area contributed by atoms with Crippen LogP contribution in [0.1, 0.15) is 11.1 Å². The average Bonchev–Trinajstić information content (AvgIpc) is 2.84. The molecule has 0 aliphatic carbocycles. The molecular weight excluding hydrogens is 400 g/mol. The van der Waals surface area contributed by atoms with E-state index in [9.17, 15) is 13.2 Å². The van der Waals surface area contributed by atoms with Crippen LogP contribution in [0.4, 0.5) is 16.3 Å². The van der Waals surface area contributed by atoms with Gasteiger partial charge in [0.25, 0.3) is 0 Å². The van der Waals surface area contributed by atoms with Crippen LogP contribution in [-0.4, -0.2) is 50.7 Å². The highest BCUT2D eigenvalue weighted by Crippen LogP contribution is 2.31. The van der Waals surface area contributed by atoms with Crippen molar-refractivity contribution in [1.82, 2.24) is 9.88 Å². The Labute approximate surface area is 176 Å². The van der Waals surface area contributed by atoms with E-state index in [4.69, 9.17) is 4.98 Å². The quantitative estimate of drug-likeness (QED) is 0.682. The van der Waals surface area contributed by atoms with Crippen LogP contribution in [-0.2, 0) is 16.4 Å². The molecule has 0 saturated carbocycles. The Balaban J connectivity index is 1.81. The number of sulfone groups is 1. The van der Waals surface area contributed by atoms with Gasteiger partial charge in [-0.05, 0) is 30.7 Å². The number of aromatic nitrogens is 1. The molecule has 8 heteroatoms. The van der Waals surface area contributed by atoms with E-state index in [1.54, 1.807) is 26.2 Å². The number of benzene rings is 2. The number of nitrogens with one attached hydrogen (secondary N) is 1. The number of aryl methyl sites for hydroxylation is 1. The Morgan fingerprint density at radius 2 is 1.90 bits per heavy atom. The molecule has 0 bridgehead atoms. The van der Waals surface area contributed by atoms with Gasteiger partial charge in [0.2, 0.25) is 0 Å². The Bertz CT molecular complexity index is 1240. The molecule has 0 spiro atoms. The van der Waals surface area contributed by atoms with Crippen molar-refractivity contribution >= 4 is 38.3 Å². The van der Waals surface area contributed by atoms with E-state index >= 15 is 0 Å². The lowest BCUT2D eigenvalue weighted by atomic mass is 10.1. The number of hydrogen-bond acceptors (Lipinski definition) is 5. The van der Waals surface area contributed by atoms with Crippen LogP contribution in [0, 0.1) is 6.92 Å². The van der Waals surface area contributed by atoms with Crippen molar-refractivity contribution in [2.45, 2.75) is 18.4 Å². The minimum Gasteiger partial charge on any atom is -0.351 e. The molecule has 2 aromatic carbocycles. The van der Waals surface area contributed by atoms with E-state index in [1.807, 2.05) is 48.2 Å². The van der Waals surface area contributed by atoms with Crippen molar-refractivity contribution in [3.63, 3.8) is 0 Å². The second-order valence-electron chi connectivity index (χ2n) is 7.72. The number of anilines is 2. The van der Waals surface area contributed by atoms with Crippen molar-refractivity contribution in [2.24, 2.45) is 0 Å². The Morgan fingerprint density at radius 1 is 1.13 bits per heavy atom. The lowest BCUT2D eigenvalue weighted by Gasteiger charge is -2.23. The SMILES string of the molecule is Cc1ccc2nc(N3CCS(=O)(=O)c4ccccc4C3)cc(NC(=O)N(C)C)c2c1. The van der Waals surface area contributed by atoms with Crippen LogP contribution in [0.2, 0.25) is 0 Å². The molecule has 156 valence electrons. The molecule has 3 aromatic rings. The van der Waals surface area contributed by atoms with Crippen LogP contribution in [0.5, 0.6) is 0 Å². The summed E-state index contributed by atoms with van der Waals surface area (Å²) in [6.07, 6.45) is 0. The van der Waals surface area contributed by atoms with Gasteiger partial charge in [-0.2, -0.15) is 0 Å². The first kappa shape index (κ1) is 20.2. The summed E-state index contributed by atoms with van der Waals surface area (Å²) in [7, 11) is 0.0103. The molecule has 0 radical (unpaired) electrons. The summed E-state index contributed by atoms with van der Waals surface area (Å²) in [5, 5.41) is 3.79. The number of rotatable bonds is 2. The van der Waals surface area contributed by atoms with Crippen molar-refractivity contribution in [2.75, 3.05) is 36.6 Å². The summed E-state index contributed by atoms with van der Waals surface area (Å²) in [5.74, 6) is 0.643. The van der Waals surface area contributed by atoms with E-state index in [0.717, 1.165) is 22.0 Å². The highest BCUT2D eigenvalue weighted by atomic mass is 32.2. The number of urea groups is 1. The largest absolute Gasteiger partial charge is 0.351 e. The van der Waals surface area contributed by atoms with E-state index in [-0.39, 0.29) is 11.8 Å². The van der Waals surface area contributed by atoms with Crippen LogP contribution >= 0.6 is 0 Å². The molecule has 0 fully saturated rings. The molecule has 1 aliphatic heterocycles. The Hall–Kier alpha value is -3.13. The van der Waals surface area contributed by atoms with E-state index in [1.165, 1.54) is 4.90 Å². The van der Waals surface area contributed by atoms with E-state index < -0.39 is 9.84 Å². The van der Waals surface area contributed by atoms with Gasteiger partial charge in [0.15, 0.2) is 9.84 Å².